The van der Waals surface area contributed by atoms with Crippen molar-refractivity contribution in [1.29, 1.82) is 0 Å². The first kappa shape index (κ1) is 10.4. The zero-order valence-corrected chi connectivity index (χ0v) is 8.41. The highest BCUT2D eigenvalue weighted by molar-refractivity contribution is 6.49. The molecule has 0 aliphatic heterocycles. The summed E-state index contributed by atoms with van der Waals surface area (Å²) < 4.78 is 0. The molecule has 6 heteroatoms. The lowest BCUT2D eigenvalue weighted by Crippen LogP contribution is -2.03. The predicted molar refractivity (Wildman–Crippen MR) is 52.8 cm³/mol. The Bertz CT molecular complexity index is 378. The van der Waals surface area contributed by atoms with Gasteiger partial charge in [-0.2, -0.15) is 0 Å². The fourth-order valence-corrected chi connectivity index (χ4v) is 1.53. The minimum absolute atomic E-state index is 0.00469. The fourth-order valence-electron chi connectivity index (χ4n) is 0.831. The molecule has 0 aliphatic rings. The quantitative estimate of drug-likeness (QED) is 0.586. The maximum atomic E-state index is 10.6. The van der Waals surface area contributed by atoms with Gasteiger partial charge in [0.25, 0.3) is 0 Å². The first-order valence-corrected chi connectivity index (χ1v) is 4.24. The molecular formula is C7H4Cl3NO2. The van der Waals surface area contributed by atoms with Crippen LogP contribution >= 0.6 is 34.8 Å². The topological polar surface area (TPSA) is 63.3 Å². The van der Waals surface area contributed by atoms with E-state index >= 15 is 0 Å². The summed E-state index contributed by atoms with van der Waals surface area (Å²) in [6.07, 6.45) is 0. The second-order valence-electron chi connectivity index (χ2n) is 2.26. The van der Waals surface area contributed by atoms with Crippen LogP contribution < -0.4 is 5.73 Å². The van der Waals surface area contributed by atoms with Gasteiger partial charge in [0, 0.05) is 5.69 Å². The summed E-state index contributed by atoms with van der Waals surface area (Å²) in [6.45, 7) is 0. The largest absolute Gasteiger partial charge is 0.478 e. The van der Waals surface area contributed by atoms with Crippen molar-refractivity contribution in [2.24, 2.45) is 0 Å². The van der Waals surface area contributed by atoms with Crippen LogP contribution in [-0.4, -0.2) is 11.1 Å². The van der Waals surface area contributed by atoms with Crippen LogP contribution in [0, 0.1) is 0 Å². The third-order valence-corrected chi connectivity index (χ3v) is 2.67. The van der Waals surface area contributed by atoms with E-state index in [1.165, 1.54) is 6.07 Å². The number of aromatic carboxylic acids is 1. The highest BCUT2D eigenvalue weighted by atomic mass is 35.5. The molecule has 3 nitrogen and oxygen atoms in total. The second kappa shape index (κ2) is 3.62. The van der Waals surface area contributed by atoms with Crippen molar-refractivity contribution >= 4 is 46.5 Å². The standard InChI is InChI=1S/C7H4Cl3NO2/c8-2-1-3(11)4(7(12)13)6(10)5(2)9/h1H,11H2,(H,12,13). The zero-order valence-electron chi connectivity index (χ0n) is 6.14. The Morgan fingerprint density at radius 3 is 2.31 bits per heavy atom. The number of benzene rings is 1. The van der Waals surface area contributed by atoms with Crippen molar-refractivity contribution < 1.29 is 9.90 Å². The second-order valence-corrected chi connectivity index (χ2v) is 3.42. The molecule has 13 heavy (non-hydrogen) atoms. The molecular weight excluding hydrogens is 236 g/mol. The molecule has 0 radical (unpaired) electrons. The smallest absolute Gasteiger partial charge is 0.339 e. The van der Waals surface area contributed by atoms with Gasteiger partial charge in [-0.25, -0.2) is 4.79 Å². The van der Waals surface area contributed by atoms with Gasteiger partial charge >= 0.3 is 5.97 Å². The Labute approximate surface area is 89.0 Å². The van der Waals surface area contributed by atoms with Crippen LogP contribution in [0.1, 0.15) is 10.4 Å². The van der Waals surface area contributed by atoms with E-state index in [9.17, 15) is 4.79 Å². The Kier molecular flexibility index (Phi) is 2.91. The van der Waals surface area contributed by atoms with Gasteiger partial charge in [0.2, 0.25) is 0 Å². The molecule has 70 valence electrons. The van der Waals surface area contributed by atoms with E-state index in [4.69, 9.17) is 45.6 Å². The Morgan fingerprint density at radius 2 is 1.85 bits per heavy atom. The van der Waals surface area contributed by atoms with E-state index in [0.29, 0.717) is 0 Å². The van der Waals surface area contributed by atoms with Gasteiger partial charge in [-0.05, 0) is 6.07 Å². The third kappa shape index (κ3) is 1.82. The van der Waals surface area contributed by atoms with Gasteiger partial charge in [0.1, 0.15) is 5.56 Å². The van der Waals surface area contributed by atoms with Crippen LogP contribution in [0.25, 0.3) is 0 Å². The Balaban J connectivity index is 3.53. The molecule has 0 aromatic heterocycles. The van der Waals surface area contributed by atoms with Gasteiger partial charge in [-0.15, -0.1) is 0 Å². The van der Waals surface area contributed by atoms with Crippen molar-refractivity contribution in [1.82, 2.24) is 0 Å². The fraction of sp³-hybridized carbons (Fsp3) is 0. The number of carboxylic acid groups (broad SMARTS) is 1. The number of rotatable bonds is 1. The van der Waals surface area contributed by atoms with Gasteiger partial charge in [-0.1, -0.05) is 34.8 Å². The zero-order chi connectivity index (χ0) is 10.2. The molecule has 1 aromatic carbocycles. The first-order valence-electron chi connectivity index (χ1n) is 3.11. The van der Waals surface area contributed by atoms with Crippen molar-refractivity contribution in [3.63, 3.8) is 0 Å². The number of anilines is 1. The van der Waals surface area contributed by atoms with Gasteiger partial charge in [-0.3, -0.25) is 0 Å². The summed E-state index contributed by atoms with van der Waals surface area (Å²) in [7, 11) is 0. The van der Waals surface area contributed by atoms with Crippen molar-refractivity contribution in [2.75, 3.05) is 5.73 Å². The number of halogens is 3. The molecule has 0 saturated carbocycles. The van der Waals surface area contributed by atoms with Crippen LogP contribution in [0.3, 0.4) is 0 Å². The number of nitrogen functional groups attached to an aromatic ring is 1. The van der Waals surface area contributed by atoms with E-state index < -0.39 is 5.97 Å². The maximum Gasteiger partial charge on any atom is 0.339 e. The van der Waals surface area contributed by atoms with Crippen LogP contribution in [0.5, 0.6) is 0 Å². The van der Waals surface area contributed by atoms with Crippen LogP contribution in [0.15, 0.2) is 6.07 Å². The summed E-state index contributed by atoms with van der Waals surface area (Å²) >= 11 is 16.8. The van der Waals surface area contributed by atoms with E-state index in [2.05, 4.69) is 0 Å². The molecule has 0 aliphatic carbocycles. The number of carboxylic acids is 1. The molecule has 3 N–H and O–H groups in total. The molecule has 0 heterocycles. The highest BCUT2D eigenvalue weighted by Gasteiger charge is 2.18. The lowest BCUT2D eigenvalue weighted by molar-refractivity contribution is 0.0698. The highest BCUT2D eigenvalue weighted by Crippen LogP contribution is 2.36. The van der Waals surface area contributed by atoms with Crippen LogP contribution in [-0.2, 0) is 0 Å². The monoisotopic (exact) mass is 239 g/mol. The number of carbonyl (C=O) groups is 1. The van der Waals surface area contributed by atoms with E-state index in [-0.39, 0.29) is 26.3 Å². The third-order valence-electron chi connectivity index (χ3n) is 1.41. The molecule has 0 amide bonds. The van der Waals surface area contributed by atoms with Crippen molar-refractivity contribution in [2.45, 2.75) is 0 Å². The lowest BCUT2D eigenvalue weighted by atomic mass is 10.2. The predicted octanol–water partition coefficient (Wildman–Crippen LogP) is 2.93. The Morgan fingerprint density at radius 1 is 1.31 bits per heavy atom. The maximum absolute atomic E-state index is 10.6. The lowest BCUT2D eigenvalue weighted by Gasteiger charge is -2.06. The molecule has 0 bridgehead atoms. The summed E-state index contributed by atoms with van der Waals surface area (Å²) in [4.78, 5) is 10.6. The van der Waals surface area contributed by atoms with E-state index in [1.807, 2.05) is 0 Å². The van der Waals surface area contributed by atoms with Gasteiger partial charge < -0.3 is 10.8 Å². The summed E-state index contributed by atoms with van der Waals surface area (Å²) in [6, 6.07) is 1.25. The summed E-state index contributed by atoms with van der Waals surface area (Å²) in [5.41, 5.74) is 5.15. The molecule has 0 saturated heterocycles. The van der Waals surface area contributed by atoms with Gasteiger partial charge in [0.15, 0.2) is 0 Å². The molecule has 1 aromatic rings. The summed E-state index contributed by atoms with van der Waals surface area (Å²) in [5, 5.41) is 8.68. The Hall–Kier alpha value is -0.640. The van der Waals surface area contributed by atoms with Crippen molar-refractivity contribution in [3.8, 4) is 0 Å². The number of nitrogens with two attached hydrogens (primary N) is 1. The molecule has 0 atom stereocenters. The summed E-state index contributed by atoms with van der Waals surface area (Å²) in [5.74, 6) is -1.24. The molecule has 0 unspecified atom stereocenters. The van der Waals surface area contributed by atoms with Gasteiger partial charge in [0.05, 0.1) is 15.1 Å². The minimum atomic E-state index is -1.24. The minimum Gasteiger partial charge on any atom is -0.478 e. The first-order chi connectivity index (χ1) is 5.95. The number of hydrogen-bond acceptors (Lipinski definition) is 2. The van der Waals surface area contributed by atoms with E-state index in [1.54, 1.807) is 0 Å². The van der Waals surface area contributed by atoms with Crippen molar-refractivity contribution in [3.05, 3.63) is 26.7 Å². The average Bonchev–Trinajstić information content (AvgIpc) is 1.99. The molecule has 0 fully saturated rings. The average molecular weight is 240 g/mol. The van der Waals surface area contributed by atoms with Crippen LogP contribution in [0.2, 0.25) is 15.1 Å². The van der Waals surface area contributed by atoms with E-state index in [0.717, 1.165) is 0 Å². The normalized spacial score (nSPS) is 10.1. The van der Waals surface area contributed by atoms with Crippen LogP contribution in [0.4, 0.5) is 5.69 Å². The molecule has 0 spiro atoms. The number of hydrogen-bond donors (Lipinski definition) is 2. The SMILES string of the molecule is Nc1cc(Cl)c(Cl)c(Cl)c1C(=O)O. The molecule has 1 rings (SSSR count).